The average Bonchev–Trinajstić information content (AvgIpc) is 2.37. The molecule has 114 valence electrons. The first kappa shape index (κ1) is 16.2. The Morgan fingerprint density at radius 2 is 2.10 bits per heavy atom. The van der Waals surface area contributed by atoms with Crippen LogP contribution in [-0.2, 0) is 9.59 Å². The number of rotatable bonds is 5. The summed E-state index contributed by atoms with van der Waals surface area (Å²) in [6, 6.07) is -1.49. The highest BCUT2D eigenvalue weighted by Gasteiger charge is 2.28. The third-order valence-corrected chi connectivity index (χ3v) is 3.42. The molecule has 0 saturated carbocycles. The van der Waals surface area contributed by atoms with E-state index in [4.69, 9.17) is 10.8 Å². The van der Waals surface area contributed by atoms with E-state index in [0.717, 1.165) is 12.8 Å². The fourth-order valence-corrected chi connectivity index (χ4v) is 2.20. The zero-order chi connectivity index (χ0) is 15.3. The number of hydrogen-bond acceptors (Lipinski definition) is 4. The van der Waals surface area contributed by atoms with Gasteiger partial charge in [-0.1, -0.05) is 0 Å². The smallest absolute Gasteiger partial charge is 0.326 e. The van der Waals surface area contributed by atoms with Gasteiger partial charge in [0.1, 0.15) is 6.04 Å². The molecule has 1 aliphatic heterocycles. The Bertz CT molecular complexity index is 386. The van der Waals surface area contributed by atoms with Crippen LogP contribution in [0.4, 0.5) is 4.79 Å². The summed E-state index contributed by atoms with van der Waals surface area (Å²) < 4.78 is 0. The van der Waals surface area contributed by atoms with E-state index in [-0.39, 0.29) is 6.04 Å². The molecule has 4 N–H and O–H groups in total. The molecule has 0 radical (unpaired) electrons. The number of primary amides is 1. The van der Waals surface area contributed by atoms with E-state index < -0.39 is 30.4 Å². The van der Waals surface area contributed by atoms with Gasteiger partial charge in [-0.3, -0.25) is 4.79 Å². The van der Waals surface area contributed by atoms with E-state index in [9.17, 15) is 14.4 Å². The minimum Gasteiger partial charge on any atom is -0.480 e. The molecule has 2 atom stereocenters. The predicted molar refractivity (Wildman–Crippen MR) is 72.0 cm³/mol. The number of amides is 3. The summed E-state index contributed by atoms with van der Waals surface area (Å²) in [4.78, 5) is 37.4. The fourth-order valence-electron chi connectivity index (χ4n) is 2.20. The molecule has 1 saturated heterocycles. The van der Waals surface area contributed by atoms with Crippen molar-refractivity contribution < 1.29 is 19.5 Å². The molecule has 0 aliphatic carbocycles. The molecule has 3 amide bonds. The number of nitrogens with two attached hydrogens (primary N) is 1. The second-order valence-corrected chi connectivity index (χ2v) is 5.22. The van der Waals surface area contributed by atoms with Gasteiger partial charge in [0.15, 0.2) is 0 Å². The van der Waals surface area contributed by atoms with E-state index >= 15 is 0 Å². The number of nitrogens with zero attached hydrogens (tertiary/aromatic N) is 2. The van der Waals surface area contributed by atoms with Crippen molar-refractivity contribution in [2.45, 2.75) is 31.3 Å². The molecule has 0 spiro atoms. The lowest BCUT2D eigenvalue weighted by Gasteiger charge is -2.36. The fraction of sp³-hybridized carbons (Fsp3) is 0.750. The van der Waals surface area contributed by atoms with Crippen molar-refractivity contribution in [3.8, 4) is 0 Å². The number of carbonyl (C=O) groups is 3. The second-order valence-electron chi connectivity index (χ2n) is 5.22. The lowest BCUT2D eigenvalue weighted by molar-refractivity contribution is -0.141. The quantitative estimate of drug-likeness (QED) is 0.602. The standard InChI is InChI=1S/C12H22N4O4/c1-15(2)8-4-3-5-16(7-8)12(20)14-9(11(18)19)6-10(13)17/h8-9H,3-7H2,1-2H3,(H2,13,17)(H,14,20)(H,18,19)/t8?,9-/m1/s1. The number of piperidine rings is 1. The molecule has 8 heteroatoms. The number of aliphatic carboxylic acids is 1. The Balaban J connectivity index is 2.59. The molecule has 1 rings (SSSR count). The summed E-state index contributed by atoms with van der Waals surface area (Å²) >= 11 is 0. The zero-order valence-corrected chi connectivity index (χ0v) is 11.8. The van der Waals surface area contributed by atoms with Crippen LogP contribution in [0.15, 0.2) is 0 Å². The number of urea groups is 1. The van der Waals surface area contributed by atoms with Gasteiger partial charge in [0, 0.05) is 19.1 Å². The maximum Gasteiger partial charge on any atom is 0.326 e. The average molecular weight is 286 g/mol. The molecule has 0 aromatic rings. The van der Waals surface area contributed by atoms with Gasteiger partial charge < -0.3 is 26.0 Å². The van der Waals surface area contributed by atoms with Gasteiger partial charge in [-0.05, 0) is 26.9 Å². The van der Waals surface area contributed by atoms with Crippen molar-refractivity contribution in [1.82, 2.24) is 15.1 Å². The number of carbonyl (C=O) groups excluding carboxylic acids is 2. The highest BCUT2D eigenvalue weighted by atomic mass is 16.4. The minimum absolute atomic E-state index is 0.258. The van der Waals surface area contributed by atoms with Crippen molar-refractivity contribution >= 4 is 17.9 Å². The van der Waals surface area contributed by atoms with Crippen LogP contribution < -0.4 is 11.1 Å². The van der Waals surface area contributed by atoms with Crippen LogP contribution in [0.2, 0.25) is 0 Å². The van der Waals surface area contributed by atoms with Gasteiger partial charge in [0.25, 0.3) is 0 Å². The number of carboxylic acid groups (broad SMARTS) is 1. The first-order valence-electron chi connectivity index (χ1n) is 6.54. The molecule has 1 fully saturated rings. The molecule has 1 aliphatic rings. The van der Waals surface area contributed by atoms with Crippen LogP contribution in [0.5, 0.6) is 0 Å². The van der Waals surface area contributed by atoms with Crippen LogP contribution in [0.3, 0.4) is 0 Å². The zero-order valence-electron chi connectivity index (χ0n) is 11.8. The van der Waals surface area contributed by atoms with E-state index in [0.29, 0.717) is 13.1 Å². The topological polar surface area (TPSA) is 116 Å². The lowest BCUT2D eigenvalue weighted by Crippen LogP contribution is -2.54. The van der Waals surface area contributed by atoms with Crippen LogP contribution in [0, 0.1) is 0 Å². The Hall–Kier alpha value is -1.83. The van der Waals surface area contributed by atoms with Gasteiger partial charge in [-0.25, -0.2) is 9.59 Å². The maximum absolute atomic E-state index is 12.0. The number of hydrogen-bond donors (Lipinski definition) is 3. The summed E-state index contributed by atoms with van der Waals surface area (Å²) in [5, 5.41) is 11.3. The largest absolute Gasteiger partial charge is 0.480 e. The summed E-state index contributed by atoms with van der Waals surface area (Å²) in [7, 11) is 3.89. The predicted octanol–water partition coefficient (Wildman–Crippen LogP) is -0.949. The molecular weight excluding hydrogens is 264 g/mol. The molecule has 1 unspecified atom stereocenters. The Kier molecular flexibility index (Phi) is 5.75. The van der Waals surface area contributed by atoms with Crippen molar-refractivity contribution in [3.63, 3.8) is 0 Å². The van der Waals surface area contributed by atoms with Gasteiger partial charge in [-0.2, -0.15) is 0 Å². The first-order chi connectivity index (χ1) is 9.31. The highest BCUT2D eigenvalue weighted by molar-refractivity contribution is 5.87. The van der Waals surface area contributed by atoms with Crippen LogP contribution >= 0.6 is 0 Å². The van der Waals surface area contributed by atoms with E-state index in [2.05, 4.69) is 5.32 Å². The first-order valence-corrected chi connectivity index (χ1v) is 6.54. The molecular formula is C12H22N4O4. The van der Waals surface area contributed by atoms with Crippen molar-refractivity contribution in [2.75, 3.05) is 27.2 Å². The second kappa shape index (κ2) is 7.09. The Morgan fingerprint density at radius 1 is 1.45 bits per heavy atom. The van der Waals surface area contributed by atoms with Gasteiger partial charge in [0.2, 0.25) is 5.91 Å². The Labute approximate surface area is 117 Å². The van der Waals surface area contributed by atoms with Crippen molar-refractivity contribution in [2.24, 2.45) is 5.73 Å². The number of carboxylic acids is 1. The third kappa shape index (κ3) is 4.69. The molecule has 20 heavy (non-hydrogen) atoms. The van der Waals surface area contributed by atoms with Crippen LogP contribution in [0.25, 0.3) is 0 Å². The summed E-state index contributed by atoms with van der Waals surface area (Å²) in [6.45, 7) is 1.13. The van der Waals surface area contributed by atoms with E-state index in [1.165, 1.54) is 0 Å². The van der Waals surface area contributed by atoms with E-state index in [1.54, 1.807) is 4.90 Å². The number of likely N-dealkylation sites (tertiary alicyclic amines) is 1. The maximum atomic E-state index is 12.0. The van der Waals surface area contributed by atoms with E-state index in [1.807, 2.05) is 19.0 Å². The van der Waals surface area contributed by atoms with Crippen molar-refractivity contribution in [3.05, 3.63) is 0 Å². The SMILES string of the molecule is CN(C)C1CCCN(C(=O)N[C@H](CC(N)=O)C(=O)O)C1. The van der Waals surface area contributed by atoms with Crippen LogP contribution in [-0.4, -0.2) is 72.1 Å². The lowest BCUT2D eigenvalue weighted by atomic mass is 10.1. The van der Waals surface area contributed by atoms with Gasteiger partial charge in [-0.15, -0.1) is 0 Å². The molecule has 0 aromatic heterocycles. The highest BCUT2D eigenvalue weighted by Crippen LogP contribution is 2.13. The third-order valence-electron chi connectivity index (χ3n) is 3.42. The molecule has 0 aromatic carbocycles. The monoisotopic (exact) mass is 286 g/mol. The normalized spacial score (nSPS) is 20.6. The van der Waals surface area contributed by atoms with Crippen molar-refractivity contribution in [1.29, 1.82) is 0 Å². The van der Waals surface area contributed by atoms with Gasteiger partial charge >= 0.3 is 12.0 Å². The molecule has 8 nitrogen and oxygen atoms in total. The number of likely N-dealkylation sites (N-methyl/N-ethyl adjacent to an activating group) is 1. The summed E-state index contributed by atoms with van der Waals surface area (Å²) in [5.41, 5.74) is 4.97. The molecule has 1 heterocycles. The summed E-state index contributed by atoms with van der Waals surface area (Å²) in [5.74, 6) is -2.03. The number of nitrogens with one attached hydrogen (secondary N) is 1. The van der Waals surface area contributed by atoms with Gasteiger partial charge in [0.05, 0.1) is 6.42 Å². The minimum atomic E-state index is -1.28. The molecule has 0 bridgehead atoms. The summed E-state index contributed by atoms with van der Waals surface area (Å²) in [6.07, 6.45) is 1.45. The Morgan fingerprint density at radius 3 is 2.60 bits per heavy atom. The van der Waals surface area contributed by atoms with Crippen LogP contribution in [0.1, 0.15) is 19.3 Å².